The van der Waals surface area contributed by atoms with Gasteiger partial charge in [0.2, 0.25) is 0 Å². The van der Waals surface area contributed by atoms with E-state index in [-0.39, 0.29) is 17.6 Å². The number of carboxylic acids is 1. The fourth-order valence-corrected chi connectivity index (χ4v) is 1.28. The average molecular weight is 302 g/mol. The molecule has 1 atom stereocenters. The maximum absolute atomic E-state index is 10.3. The number of ether oxygens (including phenoxy) is 2. The molecule has 1 rings (SSSR count). The van der Waals surface area contributed by atoms with Gasteiger partial charge in [-0.05, 0) is 19.1 Å². The highest BCUT2D eigenvalue weighted by Crippen LogP contribution is 2.35. The number of aromatic carboxylic acids is 1. The predicted molar refractivity (Wildman–Crippen MR) is 71.5 cm³/mol. The van der Waals surface area contributed by atoms with Crippen LogP contribution in [0, 0.1) is 0 Å². The lowest BCUT2D eigenvalue weighted by Crippen LogP contribution is -2.17. The number of rotatable bonds is 4. The van der Waals surface area contributed by atoms with Crippen molar-refractivity contribution in [2.75, 3.05) is 13.7 Å². The third kappa shape index (κ3) is 7.02. The minimum atomic E-state index is -1.29. The molecule has 118 valence electrons. The van der Waals surface area contributed by atoms with E-state index >= 15 is 0 Å². The summed E-state index contributed by atoms with van der Waals surface area (Å²) < 4.78 is 9.45. The number of esters is 1. The quantitative estimate of drug-likeness (QED) is 0.479. The van der Waals surface area contributed by atoms with Gasteiger partial charge in [0.15, 0.2) is 17.2 Å². The zero-order valence-corrected chi connectivity index (χ0v) is 11.9. The van der Waals surface area contributed by atoms with Gasteiger partial charge in [-0.1, -0.05) is 0 Å². The van der Waals surface area contributed by atoms with Crippen LogP contribution in [0.25, 0.3) is 0 Å². The first-order chi connectivity index (χ1) is 9.68. The van der Waals surface area contributed by atoms with Crippen LogP contribution in [0.15, 0.2) is 12.1 Å². The van der Waals surface area contributed by atoms with Gasteiger partial charge in [0, 0.05) is 14.0 Å². The minimum absolute atomic E-state index is 0.132. The Morgan fingerprint density at radius 3 is 2.00 bits per heavy atom. The summed E-state index contributed by atoms with van der Waals surface area (Å²) in [7, 11) is 1.57. The number of carbonyl (C=O) groups excluding carboxylic acids is 1. The molecular weight excluding hydrogens is 284 g/mol. The molecule has 0 saturated carbocycles. The standard InChI is InChI=1S/C7H6O5.C6H12O3/c8-4-1-3(7(11)12)2-5(9)6(4)10;1-5(4-8-3)9-6(2)7/h1-2,8-10H,(H,11,12);5H,4H2,1-3H3. The molecule has 0 heterocycles. The highest BCUT2D eigenvalue weighted by molar-refractivity contribution is 5.89. The number of carboxylic acid groups (broad SMARTS) is 1. The Bertz CT molecular complexity index is 474. The topological polar surface area (TPSA) is 134 Å². The smallest absolute Gasteiger partial charge is 0.335 e. The van der Waals surface area contributed by atoms with Crippen LogP contribution in [0.1, 0.15) is 24.2 Å². The van der Waals surface area contributed by atoms with Crippen molar-refractivity contribution in [3.8, 4) is 17.2 Å². The van der Waals surface area contributed by atoms with E-state index < -0.39 is 23.2 Å². The summed E-state index contributed by atoms with van der Waals surface area (Å²) in [6, 6.07) is 1.69. The van der Waals surface area contributed by atoms with Gasteiger partial charge in [0.05, 0.1) is 12.2 Å². The van der Waals surface area contributed by atoms with E-state index in [1.165, 1.54) is 6.92 Å². The van der Waals surface area contributed by atoms with Crippen LogP contribution in [-0.2, 0) is 14.3 Å². The van der Waals surface area contributed by atoms with Gasteiger partial charge in [-0.15, -0.1) is 0 Å². The van der Waals surface area contributed by atoms with Crippen molar-refractivity contribution in [2.45, 2.75) is 20.0 Å². The molecule has 0 aliphatic rings. The fourth-order valence-electron chi connectivity index (χ4n) is 1.28. The molecule has 8 heteroatoms. The maximum atomic E-state index is 10.3. The lowest BCUT2D eigenvalue weighted by atomic mass is 10.2. The van der Waals surface area contributed by atoms with E-state index in [2.05, 4.69) is 0 Å². The van der Waals surface area contributed by atoms with Crippen LogP contribution in [0.2, 0.25) is 0 Å². The van der Waals surface area contributed by atoms with E-state index in [9.17, 15) is 9.59 Å². The largest absolute Gasteiger partial charge is 0.504 e. The van der Waals surface area contributed by atoms with Crippen LogP contribution in [0.5, 0.6) is 17.2 Å². The number of benzene rings is 1. The number of aromatic hydroxyl groups is 3. The van der Waals surface area contributed by atoms with Gasteiger partial charge < -0.3 is 29.9 Å². The van der Waals surface area contributed by atoms with Crippen LogP contribution in [-0.4, -0.2) is 52.2 Å². The third-order valence-electron chi connectivity index (χ3n) is 2.09. The first-order valence-corrected chi connectivity index (χ1v) is 5.83. The van der Waals surface area contributed by atoms with Gasteiger partial charge in [0.25, 0.3) is 0 Å². The molecule has 0 fully saturated rings. The second kappa shape index (κ2) is 8.64. The van der Waals surface area contributed by atoms with Gasteiger partial charge in [-0.25, -0.2) is 4.79 Å². The molecule has 21 heavy (non-hydrogen) atoms. The summed E-state index contributed by atoms with van der Waals surface area (Å²) in [5, 5.41) is 35.0. The Balaban J connectivity index is 0.000000400. The number of phenolic OH excluding ortho intramolecular Hbond substituents is 3. The molecule has 0 aromatic heterocycles. The van der Waals surface area contributed by atoms with Gasteiger partial charge in [-0.2, -0.15) is 0 Å². The Labute approximate surface area is 121 Å². The maximum Gasteiger partial charge on any atom is 0.335 e. The molecule has 0 radical (unpaired) electrons. The molecule has 1 aromatic carbocycles. The Morgan fingerprint density at radius 1 is 1.19 bits per heavy atom. The molecule has 8 nitrogen and oxygen atoms in total. The number of phenols is 3. The van der Waals surface area contributed by atoms with Crippen molar-refractivity contribution < 1.29 is 39.5 Å². The first-order valence-electron chi connectivity index (χ1n) is 5.83. The van der Waals surface area contributed by atoms with Crippen molar-refractivity contribution in [3.05, 3.63) is 17.7 Å². The number of methoxy groups -OCH3 is 1. The summed E-state index contributed by atoms with van der Waals surface area (Å²) in [6.45, 7) is 3.62. The van der Waals surface area contributed by atoms with Crippen molar-refractivity contribution in [3.63, 3.8) is 0 Å². The summed E-state index contributed by atoms with van der Waals surface area (Å²) >= 11 is 0. The monoisotopic (exact) mass is 302 g/mol. The normalized spacial score (nSPS) is 11.0. The van der Waals surface area contributed by atoms with E-state index in [1.54, 1.807) is 14.0 Å². The second-order valence-corrected chi connectivity index (χ2v) is 4.04. The fraction of sp³-hybridized carbons (Fsp3) is 0.385. The van der Waals surface area contributed by atoms with E-state index in [1.807, 2.05) is 0 Å². The molecule has 0 bridgehead atoms. The van der Waals surface area contributed by atoms with Crippen molar-refractivity contribution in [1.82, 2.24) is 0 Å². The van der Waals surface area contributed by atoms with Crippen molar-refractivity contribution in [2.24, 2.45) is 0 Å². The highest BCUT2D eigenvalue weighted by Gasteiger charge is 2.11. The molecule has 0 spiro atoms. The summed E-state index contributed by atoms with van der Waals surface area (Å²) in [5.41, 5.74) is -0.289. The molecule has 1 unspecified atom stereocenters. The molecule has 4 N–H and O–H groups in total. The lowest BCUT2D eigenvalue weighted by molar-refractivity contribution is -0.147. The van der Waals surface area contributed by atoms with E-state index in [0.717, 1.165) is 12.1 Å². The molecule has 0 aliphatic carbocycles. The zero-order chi connectivity index (χ0) is 16.6. The molecular formula is C13H18O8. The zero-order valence-electron chi connectivity index (χ0n) is 11.9. The number of hydrogen-bond donors (Lipinski definition) is 4. The van der Waals surface area contributed by atoms with E-state index in [0.29, 0.717) is 6.61 Å². The van der Waals surface area contributed by atoms with Crippen LogP contribution >= 0.6 is 0 Å². The summed E-state index contributed by atoms with van der Waals surface area (Å²) in [4.78, 5) is 20.6. The van der Waals surface area contributed by atoms with Gasteiger partial charge >= 0.3 is 11.9 Å². The van der Waals surface area contributed by atoms with Crippen LogP contribution < -0.4 is 0 Å². The third-order valence-corrected chi connectivity index (χ3v) is 2.09. The molecule has 0 amide bonds. The summed E-state index contributed by atoms with van der Waals surface area (Å²) in [5.74, 6) is -3.60. The Kier molecular flexibility index (Phi) is 7.62. The SMILES string of the molecule is COCC(C)OC(C)=O.O=C(O)c1cc(O)c(O)c(O)c1. The average Bonchev–Trinajstić information content (AvgIpc) is 2.35. The lowest BCUT2D eigenvalue weighted by Gasteiger charge is -2.08. The van der Waals surface area contributed by atoms with Crippen LogP contribution in [0.3, 0.4) is 0 Å². The van der Waals surface area contributed by atoms with Crippen molar-refractivity contribution in [1.29, 1.82) is 0 Å². The van der Waals surface area contributed by atoms with Gasteiger partial charge in [-0.3, -0.25) is 4.79 Å². The Morgan fingerprint density at radius 2 is 1.67 bits per heavy atom. The highest BCUT2D eigenvalue weighted by atomic mass is 16.6. The number of hydrogen-bond acceptors (Lipinski definition) is 7. The first kappa shape index (κ1) is 18.5. The molecule has 0 saturated heterocycles. The number of carbonyl (C=O) groups is 2. The minimum Gasteiger partial charge on any atom is -0.504 e. The predicted octanol–water partition coefficient (Wildman–Crippen LogP) is 1.09. The summed E-state index contributed by atoms with van der Waals surface area (Å²) in [6.07, 6.45) is -0.132. The van der Waals surface area contributed by atoms with Crippen molar-refractivity contribution >= 4 is 11.9 Å². The van der Waals surface area contributed by atoms with E-state index in [4.69, 9.17) is 29.9 Å². The Hall–Kier alpha value is -2.48. The molecule has 1 aromatic rings. The second-order valence-electron chi connectivity index (χ2n) is 4.04. The van der Waals surface area contributed by atoms with Gasteiger partial charge in [0.1, 0.15) is 6.10 Å². The van der Waals surface area contributed by atoms with Crippen LogP contribution in [0.4, 0.5) is 0 Å². The molecule has 0 aliphatic heterocycles.